The molecule has 0 atom stereocenters. The molecule has 0 spiro atoms. The van der Waals surface area contributed by atoms with Crippen LogP contribution in [0.5, 0.6) is 11.5 Å². The van der Waals surface area contributed by atoms with Gasteiger partial charge < -0.3 is 9.47 Å². The second-order valence-corrected chi connectivity index (χ2v) is 7.09. The van der Waals surface area contributed by atoms with Gasteiger partial charge in [0.1, 0.15) is 23.8 Å². The van der Waals surface area contributed by atoms with E-state index < -0.39 is 5.97 Å². The van der Waals surface area contributed by atoms with Gasteiger partial charge in [0.05, 0.1) is 11.3 Å². The normalized spacial score (nSPS) is 10.7. The second kappa shape index (κ2) is 8.28. The van der Waals surface area contributed by atoms with Crippen molar-refractivity contribution in [1.29, 1.82) is 0 Å². The van der Waals surface area contributed by atoms with E-state index >= 15 is 0 Å². The van der Waals surface area contributed by atoms with Gasteiger partial charge in [0, 0.05) is 16.7 Å². The van der Waals surface area contributed by atoms with E-state index in [1.165, 1.54) is 10.5 Å². The first-order chi connectivity index (χ1) is 14.1. The number of esters is 1. The molecular formula is C22H15BrN2O4. The number of ether oxygens (including phenoxy) is 2. The largest absolute Gasteiger partial charge is 0.457 e. The molecule has 0 saturated heterocycles. The summed E-state index contributed by atoms with van der Waals surface area (Å²) < 4.78 is 13.2. The highest BCUT2D eigenvalue weighted by Gasteiger charge is 2.10. The lowest BCUT2D eigenvalue weighted by Gasteiger charge is -2.08. The Bertz CT molecular complexity index is 1220. The molecule has 4 rings (SSSR count). The summed E-state index contributed by atoms with van der Waals surface area (Å²) in [7, 11) is 0. The minimum Gasteiger partial charge on any atom is -0.457 e. The third-order valence-corrected chi connectivity index (χ3v) is 4.57. The summed E-state index contributed by atoms with van der Waals surface area (Å²) in [6.45, 7) is -0.0943. The van der Waals surface area contributed by atoms with Crippen LogP contribution in [0.3, 0.4) is 0 Å². The molecule has 0 radical (unpaired) electrons. The number of nitrogens with zero attached hydrogens (tertiary/aromatic N) is 2. The molecule has 2 aromatic carbocycles. The Labute approximate surface area is 174 Å². The second-order valence-electron chi connectivity index (χ2n) is 6.18. The summed E-state index contributed by atoms with van der Waals surface area (Å²) in [5, 5.41) is 0. The molecule has 4 aromatic rings. The summed E-state index contributed by atoms with van der Waals surface area (Å²) in [6.07, 6.45) is 1.64. The number of para-hydroxylation sites is 1. The lowest BCUT2D eigenvalue weighted by molar-refractivity contribution is 0.0467. The monoisotopic (exact) mass is 450 g/mol. The minimum atomic E-state index is -0.505. The van der Waals surface area contributed by atoms with Crippen LogP contribution in [0.1, 0.15) is 16.1 Å². The van der Waals surface area contributed by atoms with Gasteiger partial charge in [-0.3, -0.25) is 9.20 Å². The zero-order chi connectivity index (χ0) is 20.2. The van der Waals surface area contributed by atoms with E-state index in [1.54, 1.807) is 42.6 Å². The van der Waals surface area contributed by atoms with Crippen LogP contribution in [-0.2, 0) is 11.3 Å². The lowest BCUT2D eigenvalue weighted by Crippen LogP contribution is -2.16. The van der Waals surface area contributed by atoms with Crippen LogP contribution in [0, 0.1) is 0 Å². The number of carbonyl (C=O) groups is 1. The smallest absolute Gasteiger partial charge is 0.338 e. The first-order valence-corrected chi connectivity index (χ1v) is 9.56. The molecule has 7 heteroatoms. The van der Waals surface area contributed by atoms with Gasteiger partial charge in [-0.05, 0) is 64.5 Å². The molecule has 0 unspecified atom stereocenters. The number of halogens is 1. The van der Waals surface area contributed by atoms with Crippen LogP contribution in [0.4, 0.5) is 0 Å². The van der Waals surface area contributed by atoms with Crippen LogP contribution in [0.15, 0.2) is 88.3 Å². The van der Waals surface area contributed by atoms with E-state index in [1.807, 2.05) is 30.3 Å². The average molecular weight is 451 g/mol. The number of rotatable bonds is 5. The van der Waals surface area contributed by atoms with E-state index in [4.69, 9.17) is 9.47 Å². The summed E-state index contributed by atoms with van der Waals surface area (Å²) in [6, 6.07) is 20.9. The van der Waals surface area contributed by atoms with Gasteiger partial charge in [0.25, 0.3) is 5.56 Å². The summed E-state index contributed by atoms with van der Waals surface area (Å²) in [5.41, 5.74) is 1.00. The number of benzene rings is 2. The molecule has 2 aromatic heterocycles. The van der Waals surface area contributed by atoms with Gasteiger partial charge in [-0.25, -0.2) is 9.78 Å². The van der Waals surface area contributed by atoms with Gasteiger partial charge in [0.2, 0.25) is 0 Å². The van der Waals surface area contributed by atoms with Crippen molar-refractivity contribution in [3.8, 4) is 11.5 Å². The van der Waals surface area contributed by atoms with E-state index in [9.17, 15) is 9.59 Å². The Morgan fingerprint density at radius 1 is 0.966 bits per heavy atom. The summed E-state index contributed by atoms with van der Waals surface area (Å²) in [4.78, 5) is 28.9. The fourth-order valence-electron chi connectivity index (χ4n) is 2.71. The molecule has 0 amide bonds. The maximum atomic E-state index is 12.3. The number of carbonyl (C=O) groups excluding carboxylic acids is 1. The Kier molecular flexibility index (Phi) is 5.39. The molecule has 0 saturated carbocycles. The molecule has 144 valence electrons. The molecule has 29 heavy (non-hydrogen) atoms. The molecule has 0 N–H and O–H groups in total. The van der Waals surface area contributed by atoms with E-state index in [0.29, 0.717) is 28.4 Å². The standard InChI is InChI=1S/C22H15BrN2O4/c23-16-8-11-20-24-17(12-21(26)25(20)13-16)14-28-22(27)15-6-9-19(10-7-15)29-18-4-2-1-3-5-18/h1-13H,14H2. The van der Waals surface area contributed by atoms with Crippen molar-refractivity contribution in [2.24, 2.45) is 0 Å². The third kappa shape index (κ3) is 4.52. The zero-order valence-electron chi connectivity index (χ0n) is 15.1. The van der Waals surface area contributed by atoms with Crippen molar-refractivity contribution in [2.75, 3.05) is 0 Å². The maximum absolute atomic E-state index is 12.3. The van der Waals surface area contributed by atoms with Crippen molar-refractivity contribution < 1.29 is 14.3 Å². The van der Waals surface area contributed by atoms with Crippen molar-refractivity contribution in [1.82, 2.24) is 9.38 Å². The molecular weight excluding hydrogens is 436 g/mol. The Hall–Kier alpha value is -3.45. The zero-order valence-corrected chi connectivity index (χ0v) is 16.7. The van der Waals surface area contributed by atoms with Crippen LogP contribution < -0.4 is 10.3 Å². The summed E-state index contributed by atoms with van der Waals surface area (Å²) in [5.74, 6) is 0.820. The van der Waals surface area contributed by atoms with Gasteiger partial charge in [0.15, 0.2) is 0 Å². The number of hydrogen-bond acceptors (Lipinski definition) is 5. The van der Waals surface area contributed by atoms with Crippen molar-refractivity contribution >= 4 is 27.5 Å². The number of aromatic nitrogens is 2. The fraction of sp³-hybridized carbons (Fsp3) is 0.0455. The van der Waals surface area contributed by atoms with Gasteiger partial charge in [-0.15, -0.1) is 0 Å². The van der Waals surface area contributed by atoms with Crippen LogP contribution in [0.25, 0.3) is 5.65 Å². The molecule has 0 bridgehead atoms. The predicted molar refractivity (Wildman–Crippen MR) is 111 cm³/mol. The highest BCUT2D eigenvalue weighted by molar-refractivity contribution is 9.10. The highest BCUT2D eigenvalue weighted by Crippen LogP contribution is 2.21. The number of pyridine rings is 1. The quantitative estimate of drug-likeness (QED) is 0.415. The molecule has 0 fully saturated rings. The van der Waals surface area contributed by atoms with Crippen LogP contribution >= 0.6 is 15.9 Å². The fourth-order valence-corrected chi connectivity index (χ4v) is 3.04. The molecule has 0 aliphatic rings. The maximum Gasteiger partial charge on any atom is 0.338 e. The van der Waals surface area contributed by atoms with Gasteiger partial charge in [-0.1, -0.05) is 18.2 Å². The van der Waals surface area contributed by atoms with Crippen molar-refractivity contribution in [3.63, 3.8) is 0 Å². The van der Waals surface area contributed by atoms with Crippen molar-refractivity contribution in [2.45, 2.75) is 6.61 Å². The first kappa shape index (κ1) is 18.9. The van der Waals surface area contributed by atoms with Crippen molar-refractivity contribution in [3.05, 3.63) is 105 Å². The molecule has 0 aliphatic heterocycles. The number of hydrogen-bond donors (Lipinski definition) is 0. The van der Waals surface area contributed by atoms with E-state index in [0.717, 1.165) is 4.47 Å². The Morgan fingerprint density at radius 3 is 2.45 bits per heavy atom. The van der Waals surface area contributed by atoms with E-state index in [2.05, 4.69) is 20.9 Å². The van der Waals surface area contributed by atoms with Gasteiger partial charge in [-0.2, -0.15) is 0 Å². The average Bonchev–Trinajstić information content (AvgIpc) is 2.74. The lowest BCUT2D eigenvalue weighted by atomic mass is 10.2. The first-order valence-electron chi connectivity index (χ1n) is 8.76. The predicted octanol–water partition coefficient (Wildman–Crippen LogP) is 4.61. The third-order valence-electron chi connectivity index (χ3n) is 4.10. The molecule has 2 heterocycles. The molecule has 6 nitrogen and oxygen atoms in total. The van der Waals surface area contributed by atoms with E-state index in [-0.39, 0.29) is 12.2 Å². The number of fused-ring (bicyclic) bond motifs is 1. The minimum absolute atomic E-state index is 0.0943. The summed E-state index contributed by atoms with van der Waals surface area (Å²) >= 11 is 3.32. The van der Waals surface area contributed by atoms with Crippen LogP contribution in [0.2, 0.25) is 0 Å². The van der Waals surface area contributed by atoms with Gasteiger partial charge >= 0.3 is 5.97 Å². The Morgan fingerprint density at radius 2 is 1.69 bits per heavy atom. The highest BCUT2D eigenvalue weighted by atomic mass is 79.9. The SMILES string of the molecule is O=C(OCc1cc(=O)n2cc(Br)ccc2n1)c1ccc(Oc2ccccc2)cc1. The van der Waals surface area contributed by atoms with Crippen LogP contribution in [-0.4, -0.2) is 15.4 Å². The Balaban J connectivity index is 1.42. The molecule has 0 aliphatic carbocycles. The topological polar surface area (TPSA) is 69.9 Å².